The van der Waals surface area contributed by atoms with Crippen LogP contribution in [0.15, 0.2) is 42.5 Å². The molecule has 0 unspecified atom stereocenters. The van der Waals surface area contributed by atoms with Gasteiger partial charge in [-0.1, -0.05) is 35.3 Å². The van der Waals surface area contributed by atoms with Crippen molar-refractivity contribution >= 4 is 39.9 Å². The molecule has 0 fully saturated rings. The van der Waals surface area contributed by atoms with Gasteiger partial charge in [-0.15, -0.1) is 0 Å². The van der Waals surface area contributed by atoms with E-state index in [0.29, 0.717) is 33.3 Å². The lowest BCUT2D eigenvalue weighted by Crippen LogP contribution is -2.02. The van der Waals surface area contributed by atoms with E-state index in [4.69, 9.17) is 23.2 Å². The van der Waals surface area contributed by atoms with Gasteiger partial charge in [0.2, 0.25) is 0 Å². The summed E-state index contributed by atoms with van der Waals surface area (Å²) >= 11 is 12.1. The van der Waals surface area contributed by atoms with E-state index in [0.717, 1.165) is 11.1 Å². The van der Waals surface area contributed by atoms with Crippen molar-refractivity contribution < 1.29 is 4.39 Å². The van der Waals surface area contributed by atoms with E-state index < -0.39 is 0 Å². The Kier molecular flexibility index (Phi) is 4.19. The molecule has 112 valence electrons. The van der Waals surface area contributed by atoms with E-state index in [1.54, 1.807) is 6.07 Å². The molecule has 0 amide bonds. The third-order valence-corrected chi connectivity index (χ3v) is 3.97. The molecule has 1 N–H and O–H groups in total. The van der Waals surface area contributed by atoms with E-state index in [9.17, 15) is 4.39 Å². The number of anilines is 1. The molecule has 3 aromatic rings. The molecule has 0 aliphatic carbocycles. The predicted octanol–water partition coefficient (Wildman–Crippen LogP) is 5.60. The molecule has 3 rings (SSSR count). The van der Waals surface area contributed by atoms with Gasteiger partial charge < -0.3 is 5.32 Å². The van der Waals surface area contributed by atoms with Gasteiger partial charge in [-0.2, -0.15) is 0 Å². The van der Waals surface area contributed by atoms with Gasteiger partial charge in [-0.25, -0.2) is 9.37 Å². The first-order valence-electron chi connectivity index (χ1n) is 6.77. The van der Waals surface area contributed by atoms with Gasteiger partial charge in [0.05, 0.1) is 10.5 Å². The van der Waals surface area contributed by atoms with Crippen LogP contribution in [0.2, 0.25) is 10.0 Å². The van der Waals surface area contributed by atoms with Crippen LogP contribution in [0.1, 0.15) is 11.1 Å². The molecule has 0 radical (unpaired) electrons. The monoisotopic (exact) mass is 334 g/mol. The lowest BCUT2D eigenvalue weighted by molar-refractivity contribution is 0.628. The van der Waals surface area contributed by atoms with Crippen LogP contribution in [0.3, 0.4) is 0 Å². The number of aromatic nitrogens is 1. The van der Waals surface area contributed by atoms with Crippen LogP contribution >= 0.6 is 23.2 Å². The summed E-state index contributed by atoms with van der Waals surface area (Å²) in [5, 5.41) is 5.02. The minimum Gasteiger partial charge on any atom is -0.366 e. The van der Waals surface area contributed by atoms with Gasteiger partial charge >= 0.3 is 0 Å². The van der Waals surface area contributed by atoms with Crippen molar-refractivity contribution in [2.75, 3.05) is 5.32 Å². The van der Waals surface area contributed by atoms with Crippen LogP contribution in [0.25, 0.3) is 10.9 Å². The Morgan fingerprint density at radius 2 is 1.82 bits per heavy atom. The Hall–Kier alpha value is -1.84. The van der Waals surface area contributed by atoms with Gasteiger partial charge in [0.25, 0.3) is 0 Å². The van der Waals surface area contributed by atoms with Gasteiger partial charge in [0.1, 0.15) is 11.6 Å². The summed E-state index contributed by atoms with van der Waals surface area (Å²) in [5.74, 6) is 0.345. The number of nitrogens with zero attached hydrogens (tertiary/aromatic N) is 1. The summed E-state index contributed by atoms with van der Waals surface area (Å²) < 4.78 is 13.5. The van der Waals surface area contributed by atoms with Crippen LogP contribution in [-0.2, 0) is 6.54 Å². The molecule has 0 spiro atoms. The summed E-state index contributed by atoms with van der Waals surface area (Å²) in [4.78, 5) is 4.52. The molecular weight excluding hydrogens is 322 g/mol. The number of halogens is 3. The lowest BCUT2D eigenvalue weighted by atomic mass is 10.1. The first kappa shape index (κ1) is 15.1. The van der Waals surface area contributed by atoms with Crippen LogP contribution in [0.5, 0.6) is 0 Å². The molecule has 1 heterocycles. The zero-order valence-corrected chi connectivity index (χ0v) is 13.3. The van der Waals surface area contributed by atoms with Gasteiger partial charge in [-0.3, -0.25) is 0 Å². The van der Waals surface area contributed by atoms with E-state index in [1.165, 1.54) is 12.1 Å². The standard InChI is InChI=1S/C17H13Cl2FN2/c1-10-6-13(20)7-14-15(19)8-16(22-17(10)14)21-9-11-2-4-12(18)5-3-11/h2-8H,9H2,1H3,(H,21,22). The van der Waals surface area contributed by atoms with Crippen molar-refractivity contribution in [2.24, 2.45) is 0 Å². The molecule has 0 saturated carbocycles. The van der Waals surface area contributed by atoms with Crippen molar-refractivity contribution in [2.45, 2.75) is 13.5 Å². The molecule has 2 aromatic carbocycles. The molecule has 1 aromatic heterocycles. The minimum atomic E-state index is -0.310. The Morgan fingerprint density at radius 1 is 1.09 bits per heavy atom. The van der Waals surface area contributed by atoms with E-state index >= 15 is 0 Å². The number of hydrogen-bond donors (Lipinski definition) is 1. The topological polar surface area (TPSA) is 24.9 Å². The number of hydrogen-bond acceptors (Lipinski definition) is 2. The maximum absolute atomic E-state index is 13.5. The quantitative estimate of drug-likeness (QED) is 0.674. The fourth-order valence-electron chi connectivity index (χ4n) is 2.30. The van der Waals surface area contributed by atoms with E-state index in [2.05, 4.69) is 10.3 Å². The number of benzene rings is 2. The highest BCUT2D eigenvalue weighted by Crippen LogP contribution is 2.28. The summed E-state index contributed by atoms with van der Waals surface area (Å²) in [5.41, 5.74) is 2.54. The average molecular weight is 335 g/mol. The molecule has 22 heavy (non-hydrogen) atoms. The highest BCUT2D eigenvalue weighted by atomic mass is 35.5. The van der Waals surface area contributed by atoms with Crippen LogP contribution < -0.4 is 5.32 Å². The summed E-state index contributed by atoms with van der Waals surface area (Å²) in [6.45, 7) is 2.42. The number of aryl methyl sites for hydroxylation is 1. The Bertz CT molecular complexity index is 832. The maximum Gasteiger partial charge on any atom is 0.128 e. The van der Waals surface area contributed by atoms with Crippen molar-refractivity contribution in [3.63, 3.8) is 0 Å². The van der Waals surface area contributed by atoms with Crippen LogP contribution in [0.4, 0.5) is 10.2 Å². The third-order valence-electron chi connectivity index (χ3n) is 3.41. The normalized spacial score (nSPS) is 10.9. The second-order valence-corrected chi connectivity index (χ2v) is 5.93. The number of rotatable bonds is 3. The Morgan fingerprint density at radius 3 is 2.55 bits per heavy atom. The minimum absolute atomic E-state index is 0.310. The summed E-state index contributed by atoms with van der Waals surface area (Å²) in [6.07, 6.45) is 0. The highest BCUT2D eigenvalue weighted by Gasteiger charge is 2.08. The smallest absolute Gasteiger partial charge is 0.128 e. The molecule has 0 atom stereocenters. The largest absolute Gasteiger partial charge is 0.366 e. The van der Waals surface area contributed by atoms with Gasteiger partial charge in [-0.05, 0) is 48.4 Å². The van der Waals surface area contributed by atoms with Crippen LogP contribution in [0, 0.1) is 12.7 Å². The number of nitrogens with one attached hydrogen (secondary N) is 1. The van der Waals surface area contributed by atoms with Gasteiger partial charge in [0.15, 0.2) is 0 Å². The average Bonchev–Trinajstić information content (AvgIpc) is 2.48. The van der Waals surface area contributed by atoms with Crippen molar-refractivity contribution in [1.29, 1.82) is 0 Å². The molecule has 0 bridgehead atoms. The van der Waals surface area contributed by atoms with Gasteiger partial charge in [0, 0.05) is 17.0 Å². The molecular formula is C17H13Cl2FN2. The SMILES string of the molecule is Cc1cc(F)cc2c(Cl)cc(NCc3ccc(Cl)cc3)nc12. The molecule has 0 saturated heterocycles. The zero-order chi connectivity index (χ0) is 15.7. The molecule has 2 nitrogen and oxygen atoms in total. The van der Waals surface area contributed by atoms with E-state index in [-0.39, 0.29) is 5.82 Å². The van der Waals surface area contributed by atoms with Crippen molar-refractivity contribution in [3.8, 4) is 0 Å². The first-order chi connectivity index (χ1) is 10.5. The molecule has 0 aliphatic heterocycles. The van der Waals surface area contributed by atoms with E-state index in [1.807, 2.05) is 31.2 Å². The summed E-state index contributed by atoms with van der Waals surface area (Å²) in [7, 11) is 0. The number of fused-ring (bicyclic) bond motifs is 1. The fourth-order valence-corrected chi connectivity index (χ4v) is 2.68. The second-order valence-electron chi connectivity index (χ2n) is 5.09. The molecule has 0 aliphatic rings. The zero-order valence-electron chi connectivity index (χ0n) is 11.8. The Labute approximate surface area is 137 Å². The fraction of sp³-hybridized carbons (Fsp3) is 0.118. The lowest BCUT2D eigenvalue weighted by Gasteiger charge is -2.10. The Balaban J connectivity index is 1.90. The van der Waals surface area contributed by atoms with Crippen LogP contribution in [-0.4, -0.2) is 4.98 Å². The highest BCUT2D eigenvalue weighted by molar-refractivity contribution is 6.35. The first-order valence-corrected chi connectivity index (χ1v) is 7.53. The predicted molar refractivity (Wildman–Crippen MR) is 90.2 cm³/mol. The van der Waals surface area contributed by atoms with Crippen molar-refractivity contribution in [1.82, 2.24) is 4.98 Å². The molecule has 5 heteroatoms. The number of pyridine rings is 1. The second kappa shape index (κ2) is 6.11. The van der Waals surface area contributed by atoms with Crippen molar-refractivity contribution in [3.05, 3.63) is 69.5 Å². The summed E-state index contributed by atoms with van der Waals surface area (Å²) in [6, 6.07) is 12.1. The maximum atomic E-state index is 13.5. The third kappa shape index (κ3) is 3.16.